The van der Waals surface area contributed by atoms with Crippen LogP contribution in [0.1, 0.15) is 32.3 Å². The van der Waals surface area contributed by atoms with Crippen LogP contribution in [0.15, 0.2) is 23.2 Å². The van der Waals surface area contributed by atoms with Crippen molar-refractivity contribution in [2.24, 2.45) is 4.99 Å². The Morgan fingerprint density at radius 3 is 2.78 bits per heavy atom. The number of hydrogen-bond acceptors (Lipinski definition) is 5. The molecule has 0 amide bonds. The SMILES string of the molecule is CCNC(=NCc1ccc(OCCO)c(OC)c1)NCC1(C)CCCO1.I. The Hall–Kier alpha value is -1.26. The van der Waals surface area contributed by atoms with E-state index in [1.165, 1.54) is 0 Å². The van der Waals surface area contributed by atoms with Crippen LogP contribution in [0.25, 0.3) is 0 Å². The lowest BCUT2D eigenvalue weighted by Gasteiger charge is -2.24. The molecule has 2 rings (SSSR count). The highest BCUT2D eigenvalue weighted by Gasteiger charge is 2.29. The zero-order chi connectivity index (χ0) is 18.8. The van der Waals surface area contributed by atoms with E-state index in [4.69, 9.17) is 19.3 Å². The Bertz CT molecular complexity index is 592. The van der Waals surface area contributed by atoms with Crippen LogP contribution in [0.5, 0.6) is 11.5 Å². The van der Waals surface area contributed by atoms with Crippen molar-refractivity contribution in [3.63, 3.8) is 0 Å². The van der Waals surface area contributed by atoms with Crippen molar-refractivity contribution in [1.29, 1.82) is 0 Å². The number of aliphatic imine (C=N–C) groups is 1. The summed E-state index contributed by atoms with van der Waals surface area (Å²) in [4.78, 5) is 4.65. The Labute approximate surface area is 178 Å². The second-order valence-electron chi connectivity index (χ2n) is 6.51. The largest absolute Gasteiger partial charge is 0.493 e. The lowest BCUT2D eigenvalue weighted by Crippen LogP contribution is -2.45. The van der Waals surface area contributed by atoms with E-state index in [0.717, 1.165) is 44.1 Å². The number of nitrogens with one attached hydrogen (secondary N) is 2. The van der Waals surface area contributed by atoms with Gasteiger partial charge >= 0.3 is 0 Å². The minimum Gasteiger partial charge on any atom is -0.493 e. The summed E-state index contributed by atoms with van der Waals surface area (Å²) in [5.74, 6) is 2.02. The molecule has 1 unspecified atom stereocenters. The first kappa shape index (κ1) is 23.8. The summed E-state index contributed by atoms with van der Waals surface area (Å²) < 4.78 is 16.6. The lowest BCUT2D eigenvalue weighted by molar-refractivity contribution is 0.0243. The fourth-order valence-corrected chi connectivity index (χ4v) is 2.84. The molecule has 3 N–H and O–H groups in total. The van der Waals surface area contributed by atoms with Crippen LogP contribution >= 0.6 is 24.0 Å². The molecule has 1 heterocycles. The second kappa shape index (κ2) is 12.2. The molecule has 27 heavy (non-hydrogen) atoms. The van der Waals surface area contributed by atoms with Gasteiger partial charge in [-0.25, -0.2) is 4.99 Å². The molecule has 1 fully saturated rings. The van der Waals surface area contributed by atoms with Crippen LogP contribution in [0.2, 0.25) is 0 Å². The molecular weight excluding hydrogens is 461 g/mol. The summed E-state index contributed by atoms with van der Waals surface area (Å²) in [5.41, 5.74) is 0.893. The van der Waals surface area contributed by atoms with Gasteiger partial charge in [-0.05, 0) is 44.4 Å². The van der Waals surface area contributed by atoms with Gasteiger partial charge in [-0.1, -0.05) is 6.07 Å². The van der Waals surface area contributed by atoms with E-state index in [2.05, 4.69) is 22.5 Å². The van der Waals surface area contributed by atoms with E-state index in [-0.39, 0.29) is 42.8 Å². The van der Waals surface area contributed by atoms with Gasteiger partial charge in [0.15, 0.2) is 17.5 Å². The first-order valence-corrected chi connectivity index (χ1v) is 9.17. The molecule has 0 radical (unpaired) electrons. The van der Waals surface area contributed by atoms with Crippen molar-refractivity contribution >= 4 is 29.9 Å². The maximum absolute atomic E-state index is 8.88. The van der Waals surface area contributed by atoms with Crippen LogP contribution in [0.4, 0.5) is 0 Å². The average molecular weight is 493 g/mol. The molecule has 1 aliphatic heterocycles. The third-order valence-electron chi connectivity index (χ3n) is 4.27. The van der Waals surface area contributed by atoms with Crippen molar-refractivity contribution in [2.75, 3.05) is 40.0 Å². The third kappa shape index (κ3) is 7.71. The van der Waals surface area contributed by atoms with Gasteiger partial charge in [0.2, 0.25) is 0 Å². The highest BCUT2D eigenvalue weighted by Crippen LogP contribution is 2.28. The van der Waals surface area contributed by atoms with Crippen molar-refractivity contribution in [3.8, 4) is 11.5 Å². The zero-order valence-corrected chi connectivity index (χ0v) is 18.7. The van der Waals surface area contributed by atoms with E-state index >= 15 is 0 Å². The van der Waals surface area contributed by atoms with Crippen molar-refractivity contribution < 1.29 is 19.3 Å². The summed E-state index contributed by atoms with van der Waals surface area (Å²) in [6.07, 6.45) is 2.17. The highest BCUT2D eigenvalue weighted by molar-refractivity contribution is 14.0. The van der Waals surface area contributed by atoms with E-state index in [1.54, 1.807) is 7.11 Å². The molecule has 0 aliphatic carbocycles. The molecular formula is C19H32IN3O4. The smallest absolute Gasteiger partial charge is 0.191 e. The topological polar surface area (TPSA) is 84.3 Å². The molecule has 7 nitrogen and oxygen atoms in total. The monoisotopic (exact) mass is 493 g/mol. The number of benzene rings is 1. The van der Waals surface area contributed by atoms with E-state index in [0.29, 0.717) is 18.0 Å². The molecule has 0 bridgehead atoms. The number of guanidine groups is 1. The summed E-state index contributed by atoms with van der Waals surface area (Å²) in [6.45, 7) is 7.25. The Balaban J connectivity index is 0.00000364. The molecule has 1 aliphatic rings. The number of halogens is 1. The van der Waals surface area contributed by atoms with E-state index < -0.39 is 0 Å². The molecule has 1 aromatic carbocycles. The Morgan fingerprint density at radius 1 is 1.33 bits per heavy atom. The van der Waals surface area contributed by atoms with Gasteiger partial charge in [-0.3, -0.25) is 0 Å². The number of ether oxygens (including phenoxy) is 3. The summed E-state index contributed by atoms with van der Waals surface area (Å²) in [7, 11) is 1.60. The highest BCUT2D eigenvalue weighted by atomic mass is 127. The quantitative estimate of drug-likeness (QED) is 0.278. The van der Waals surface area contributed by atoms with Crippen molar-refractivity contribution in [1.82, 2.24) is 10.6 Å². The lowest BCUT2D eigenvalue weighted by atomic mass is 10.0. The Morgan fingerprint density at radius 2 is 2.15 bits per heavy atom. The van der Waals surface area contributed by atoms with Crippen LogP contribution in [-0.4, -0.2) is 56.7 Å². The summed E-state index contributed by atoms with van der Waals surface area (Å²) >= 11 is 0. The minimum absolute atomic E-state index is 0. The molecule has 1 saturated heterocycles. The van der Waals surface area contributed by atoms with E-state index in [1.807, 2.05) is 25.1 Å². The van der Waals surface area contributed by atoms with Gasteiger partial charge in [-0.2, -0.15) is 0 Å². The van der Waals surface area contributed by atoms with Gasteiger partial charge in [0.05, 0.1) is 25.9 Å². The summed E-state index contributed by atoms with van der Waals surface area (Å²) in [5, 5.41) is 15.5. The number of nitrogens with zero attached hydrogens (tertiary/aromatic N) is 1. The fourth-order valence-electron chi connectivity index (χ4n) is 2.84. The third-order valence-corrected chi connectivity index (χ3v) is 4.27. The second-order valence-corrected chi connectivity index (χ2v) is 6.51. The molecule has 1 aromatic rings. The van der Waals surface area contributed by atoms with Gasteiger partial charge in [0.25, 0.3) is 0 Å². The number of rotatable bonds is 9. The molecule has 0 spiro atoms. The number of methoxy groups -OCH3 is 1. The summed E-state index contributed by atoms with van der Waals surface area (Å²) in [6, 6.07) is 5.69. The van der Waals surface area contributed by atoms with Crippen molar-refractivity contribution in [3.05, 3.63) is 23.8 Å². The van der Waals surface area contributed by atoms with E-state index in [9.17, 15) is 0 Å². The molecule has 8 heteroatoms. The maximum Gasteiger partial charge on any atom is 0.191 e. The van der Waals surface area contributed by atoms with Crippen molar-refractivity contribution in [2.45, 2.75) is 38.8 Å². The fraction of sp³-hybridized carbons (Fsp3) is 0.632. The standard InChI is InChI=1S/C19H31N3O4.HI/c1-4-20-18(22-14-19(2)8-5-10-26-19)21-13-15-6-7-16(25-11-9-23)17(12-15)24-3;/h6-7,12,23H,4-5,8-11,13-14H2,1-3H3,(H2,20,21,22);1H. The normalized spacial score (nSPS) is 19.3. The number of hydrogen-bond donors (Lipinski definition) is 3. The Kier molecular flexibility index (Phi) is 10.8. The van der Waals surface area contributed by atoms with Gasteiger partial charge < -0.3 is 30.0 Å². The van der Waals surface area contributed by atoms with Crippen LogP contribution in [-0.2, 0) is 11.3 Å². The maximum atomic E-state index is 8.88. The molecule has 1 atom stereocenters. The van der Waals surface area contributed by atoms with Gasteiger partial charge in [0.1, 0.15) is 6.61 Å². The molecule has 0 aromatic heterocycles. The first-order valence-electron chi connectivity index (χ1n) is 9.17. The average Bonchev–Trinajstić information content (AvgIpc) is 3.09. The van der Waals surface area contributed by atoms with Crippen LogP contribution in [0.3, 0.4) is 0 Å². The van der Waals surface area contributed by atoms with Crippen LogP contribution in [0, 0.1) is 0 Å². The van der Waals surface area contributed by atoms with Crippen LogP contribution < -0.4 is 20.1 Å². The molecule has 0 saturated carbocycles. The molecule has 154 valence electrons. The predicted molar refractivity (Wildman–Crippen MR) is 117 cm³/mol. The predicted octanol–water partition coefficient (Wildman–Crippen LogP) is 2.31. The number of aliphatic hydroxyl groups excluding tert-OH is 1. The van der Waals surface area contributed by atoms with Gasteiger partial charge in [0, 0.05) is 19.7 Å². The van der Waals surface area contributed by atoms with Gasteiger partial charge in [-0.15, -0.1) is 24.0 Å². The first-order chi connectivity index (χ1) is 12.6. The minimum atomic E-state index is -0.120. The number of aliphatic hydroxyl groups is 1. The zero-order valence-electron chi connectivity index (χ0n) is 16.4.